The predicted octanol–water partition coefficient (Wildman–Crippen LogP) is 2.94. The van der Waals surface area contributed by atoms with Gasteiger partial charge in [0.15, 0.2) is 0 Å². The Morgan fingerprint density at radius 2 is 1.72 bits per heavy atom. The van der Waals surface area contributed by atoms with Crippen molar-refractivity contribution in [2.75, 3.05) is 0 Å². The van der Waals surface area contributed by atoms with Crippen molar-refractivity contribution in [2.24, 2.45) is 0 Å². The number of Topliss-reactive ketones (excluding diaryl/α,β-unsaturated/α-hetero) is 1. The van der Waals surface area contributed by atoms with E-state index in [9.17, 15) is 4.79 Å². The summed E-state index contributed by atoms with van der Waals surface area (Å²) in [6.45, 7) is 3.25. The molecule has 1 aromatic rings. The lowest BCUT2D eigenvalue weighted by Gasteiger charge is -2.34. The van der Waals surface area contributed by atoms with E-state index in [2.05, 4.69) is 36.1 Å². The highest BCUT2D eigenvalue weighted by Gasteiger charge is 2.39. The Morgan fingerprint density at radius 3 is 2.33 bits per heavy atom. The third kappa shape index (κ3) is 2.10. The molecule has 2 aliphatic heterocycles. The molecule has 2 atom stereocenters. The van der Waals surface area contributed by atoms with Crippen LogP contribution in [0.2, 0.25) is 0 Å². The molecule has 2 unspecified atom stereocenters. The van der Waals surface area contributed by atoms with Gasteiger partial charge in [-0.05, 0) is 30.4 Å². The van der Waals surface area contributed by atoms with Gasteiger partial charge < -0.3 is 0 Å². The number of ketones is 1. The van der Waals surface area contributed by atoms with Crippen molar-refractivity contribution in [1.82, 2.24) is 4.90 Å². The first kappa shape index (κ1) is 11.9. The molecule has 0 aliphatic carbocycles. The van der Waals surface area contributed by atoms with Gasteiger partial charge in [-0.15, -0.1) is 0 Å². The zero-order valence-corrected chi connectivity index (χ0v) is 11.1. The summed E-state index contributed by atoms with van der Waals surface area (Å²) in [5, 5.41) is 0. The highest BCUT2D eigenvalue weighted by Crippen LogP contribution is 2.35. The molecule has 2 heterocycles. The normalized spacial score (nSPS) is 27.7. The summed E-state index contributed by atoms with van der Waals surface area (Å²) in [7, 11) is 0. The zero-order valence-electron chi connectivity index (χ0n) is 11.1. The topological polar surface area (TPSA) is 20.3 Å². The smallest absolute Gasteiger partial charge is 0.136 e. The molecule has 2 fully saturated rings. The second-order valence-electron chi connectivity index (χ2n) is 5.63. The lowest BCUT2D eigenvalue weighted by Crippen LogP contribution is -2.42. The van der Waals surface area contributed by atoms with Crippen LogP contribution < -0.4 is 0 Å². The van der Waals surface area contributed by atoms with Crippen LogP contribution in [0.25, 0.3) is 0 Å². The summed E-state index contributed by atoms with van der Waals surface area (Å²) < 4.78 is 0. The summed E-state index contributed by atoms with van der Waals surface area (Å²) in [5.41, 5.74) is 2.90. The molecular weight excluding hydrogens is 222 g/mol. The molecule has 0 spiro atoms. The number of carbonyl (C=O) groups is 1. The number of hydrogen-bond donors (Lipinski definition) is 0. The van der Waals surface area contributed by atoms with Gasteiger partial charge in [-0.25, -0.2) is 0 Å². The first-order valence-electron chi connectivity index (χ1n) is 7.12. The van der Waals surface area contributed by atoms with Crippen molar-refractivity contribution in [3.63, 3.8) is 0 Å². The van der Waals surface area contributed by atoms with Gasteiger partial charge in [-0.3, -0.25) is 9.69 Å². The first-order valence-corrected chi connectivity index (χ1v) is 7.12. The van der Waals surface area contributed by atoms with E-state index >= 15 is 0 Å². The van der Waals surface area contributed by atoms with Crippen LogP contribution in [0.3, 0.4) is 0 Å². The van der Waals surface area contributed by atoms with Gasteiger partial charge in [0.1, 0.15) is 5.78 Å². The summed E-state index contributed by atoms with van der Waals surface area (Å²) >= 11 is 0. The number of fused-ring (bicyclic) bond motifs is 2. The minimum Gasteiger partial charge on any atom is -0.300 e. The number of aryl methyl sites for hydroxylation is 1. The Labute approximate surface area is 109 Å². The third-order valence-electron chi connectivity index (χ3n) is 4.55. The van der Waals surface area contributed by atoms with Gasteiger partial charge >= 0.3 is 0 Å². The number of nitrogens with zero attached hydrogens (tertiary/aromatic N) is 1. The molecule has 2 bridgehead atoms. The fourth-order valence-corrected chi connectivity index (χ4v) is 3.57. The van der Waals surface area contributed by atoms with E-state index in [4.69, 9.17) is 0 Å². The lowest BCUT2D eigenvalue weighted by atomic mass is 9.98. The standard InChI is InChI=1S/C16H21NO/c1-2-12-5-3-4-6-13(12)11-17-14-7-8-15(17)10-16(18)9-14/h3-6,14-15H,2,7-11H2,1H3. The van der Waals surface area contributed by atoms with Crippen LogP contribution in [-0.4, -0.2) is 22.8 Å². The Balaban J connectivity index is 1.79. The van der Waals surface area contributed by atoms with Crippen molar-refractivity contribution in [3.05, 3.63) is 35.4 Å². The van der Waals surface area contributed by atoms with Crippen LogP contribution in [-0.2, 0) is 17.8 Å². The maximum Gasteiger partial charge on any atom is 0.136 e. The Morgan fingerprint density at radius 1 is 1.11 bits per heavy atom. The average Bonchev–Trinajstić information content (AvgIpc) is 2.62. The van der Waals surface area contributed by atoms with E-state index < -0.39 is 0 Å². The van der Waals surface area contributed by atoms with Gasteiger partial charge in [0.05, 0.1) is 0 Å². The zero-order chi connectivity index (χ0) is 12.5. The number of rotatable bonds is 3. The highest BCUT2D eigenvalue weighted by molar-refractivity contribution is 5.80. The minimum atomic E-state index is 0.475. The van der Waals surface area contributed by atoms with Crippen molar-refractivity contribution in [3.8, 4) is 0 Å². The fourth-order valence-electron chi connectivity index (χ4n) is 3.57. The minimum absolute atomic E-state index is 0.475. The molecule has 2 saturated heterocycles. The lowest BCUT2D eigenvalue weighted by molar-refractivity contribution is -0.123. The summed E-state index contributed by atoms with van der Waals surface area (Å²) in [4.78, 5) is 14.2. The molecule has 3 rings (SSSR count). The Kier molecular flexibility index (Phi) is 3.21. The van der Waals surface area contributed by atoms with Gasteiger partial charge in [0.25, 0.3) is 0 Å². The fraction of sp³-hybridized carbons (Fsp3) is 0.562. The average molecular weight is 243 g/mol. The predicted molar refractivity (Wildman–Crippen MR) is 72.4 cm³/mol. The molecule has 1 aromatic carbocycles. The number of benzene rings is 1. The molecule has 18 heavy (non-hydrogen) atoms. The van der Waals surface area contributed by atoms with E-state index in [1.165, 1.54) is 24.0 Å². The monoisotopic (exact) mass is 243 g/mol. The van der Waals surface area contributed by atoms with E-state index in [1.54, 1.807) is 0 Å². The SMILES string of the molecule is CCc1ccccc1CN1C2CCC1CC(=O)C2. The van der Waals surface area contributed by atoms with E-state index in [1.807, 2.05) is 0 Å². The van der Waals surface area contributed by atoms with Crippen molar-refractivity contribution in [2.45, 2.75) is 57.7 Å². The van der Waals surface area contributed by atoms with Crippen LogP contribution in [0.5, 0.6) is 0 Å². The first-order chi connectivity index (χ1) is 8.78. The number of hydrogen-bond acceptors (Lipinski definition) is 2. The van der Waals surface area contributed by atoms with Crippen molar-refractivity contribution in [1.29, 1.82) is 0 Å². The molecule has 2 nitrogen and oxygen atoms in total. The van der Waals surface area contributed by atoms with Crippen LogP contribution >= 0.6 is 0 Å². The molecule has 2 heteroatoms. The molecule has 0 aromatic heterocycles. The van der Waals surface area contributed by atoms with E-state index in [-0.39, 0.29) is 0 Å². The number of piperidine rings is 1. The summed E-state index contributed by atoms with van der Waals surface area (Å²) in [6, 6.07) is 9.76. The van der Waals surface area contributed by atoms with E-state index in [0.29, 0.717) is 17.9 Å². The van der Waals surface area contributed by atoms with Crippen LogP contribution in [0.4, 0.5) is 0 Å². The summed E-state index contributed by atoms with van der Waals surface area (Å²) in [6.07, 6.45) is 5.09. The second-order valence-corrected chi connectivity index (χ2v) is 5.63. The van der Waals surface area contributed by atoms with Gasteiger partial charge in [0, 0.05) is 31.5 Å². The molecule has 0 saturated carbocycles. The molecule has 96 valence electrons. The maximum absolute atomic E-state index is 11.6. The number of carbonyl (C=O) groups excluding carboxylic acids is 1. The van der Waals surface area contributed by atoms with Crippen molar-refractivity contribution < 1.29 is 4.79 Å². The molecule has 2 aliphatic rings. The van der Waals surface area contributed by atoms with E-state index in [0.717, 1.165) is 25.8 Å². The molecular formula is C16H21NO. The second kappa shape index (κ2) is 4.85. The summed E-state index contributed by atoms with van der Waals surface area (Å²) in [5.74, 6) is 0.475. The quantitative estimate of drug-likeness (QED) is 0.813. The van der Waals surface area contributed by atoms with Gasteiger partial charge in [0.2, 0.25) is 0 Å². The Hall–Kier alpha value is -1.15. The maximum atomic E-state index is 11.6. The largest absolute Gasteiger partial charge is 0.300 e. The molecule has 0 amide bonds. The van der Waals surface area contributed by atoms with Gasteiger partial charge in [-0.1, -0.05) is 31.2 Å². The highest BCUT2D eigenvalue weighted by atomic mass is 16.1. The van der Waals surface area contributed by atoms with Crippen molar-refractivity contribution >= 4 is 5.78 Å². The molecule has 0 radical (unpaired) electrons. The van der Waals surface area contributed by atoms with Crippen LogP contribution in [0, 0.1) is 0 Å². The third-order valence-corrected chi connectivity index (χ3v) is 4.55. The molecule has 0 N–H and O–H groups in total. The Bertz CT molecular complexity index is 438. The van der Waals surface area contributed by atoms with Crippen LogP contribution in [0.1, 0.15) is 43.7 Å². The van der Waals surface area contributed by atoms with Gasteiger partial charge in [-0.2, -0.15) is 0 Å². The van der Waals surface area contributed by atoms with Crippen LogP contribution in [0.15, 0.2) is 24.3 Å².